The number of halogens is 2. The number of anilines is 1. The molecule has 0 aromatic heterocycles. The van der Waals surface area contributed by atoms with Gasteiger partial charge in [0.1, 0.15) is 12.4 Å². The average Bonchev–Trinajstić information content (AvgIpc) is 2.85. The van der Waals surface area contributed by atoms with E-state index in [1.807, 2.05) is 13.0 Å². The van der Waals surface area contributed by atoms with E-state index in [2.05, 4.69) is 15.8 Å². The number of methoxy groups -OCH3 is 1. The van der Waals surface area contributed by atoms with Gasteiger partial charge in [0.2, 0.25) is 0 Å². The lowest BCUT2D eigenvalue weighted by Gasteiger charge is -2.13. The molecule has 0 fully saturated rings. The summed E-state index contributed by atoms with van der Waals surface area (Å²) >= 11 is 12.0. The summed E-state index contributed by atoms with van der Waals surface area (Å²) in [5.41, 5.74) is 4.09. The Labute approximate surface area is 212 Å². The second-order valence-electron chi connectivity index (χ2n) is 7.06. The maximum atomic E-state index is 12.1. The van der Waals surface area contributed by atoms with Crippen LogP contribution < -0.4 is 25.0 Å². The molecule has 0 heterocycles. The summed E-state index contributed by atoms with van der Waals surface area (Å²) in [5, 5.41) is 7.24. The third-order valence-electron chi connectivity index (χ3n) is 4.56. The zero-order valence-electron chi connectivity index (χ0n) is 19.0. The third-order valence-corrected chi connectivity index (χ3v) is 5.30. The van der Waals surface area contributed by atoms with Crippen LogP contribution in [-0.2, 0) is 16.2 Å². The molecule has 8 nitrogen and oxygen atoms in total. The lowest BCUT2D eigenvalue weighted by molar-refractivity contribution is -0.136. The lowest BCUT2D eigenvalue weighted by atomic mass is 10.2. The van der Waals surface area contributed by atoms with E-state index in [0.29, 0.717) is 45.2 Å². The SMILES string of the molecule is CCOc1cc(/C=N\NC(=O)C(=O)Nc2cccc(OC)c2)ccc1OCc1ccc(Cl)c(Cl)c1. The second kappa shape index (κ2) is 12.6. The fourth-order valence-electron chi connectivity index (χ4n) is 2.89. The summed E-state index contributed by atoms with van der Waals surface area (Å²) < 4.78 is 16.6. The highest BCUT2D eigenvalue weighted by Crippen LogP contribution is 2.30. The zero-order chi connectivity index (χ0) is 25.2. The molecule has 0 saturated carbocycles. The van der Waals surface area contributed by atoms with Crippen LogP contribution in [0.3, 0.4) is 0 Å². The van der Waals surface area contributed by atoms with Crippen LogP contribution in [0.1, 0.15) is 18.1 Å². The van der Waals surface area contributed by atoms with Crippen LogP contribution in [0.15, 0.2) is 65.8 Å². The Hall–Kier alpha value is -3.75. The molecule has 0 aliphatic carbocycles. The fourth-order valence-corrected chi connectivity index (χ4v) is 3.21. The number of nitrogens with zero attached hydrogens (tertiary/aromatic N) is 1. The normalized spacial score (nSPS) is 10.6. The van der Waals surface area contributed by atoms with Crippen LogP contribution in [0.25, 0.3) is 0 Å². The van der Waals surface area contributed by atoms with E-state index in [-0.39, 0.29) is 6.61 Å². The molecular formula is C25H23Cl2N3O5. The van der Waals surface area contributed by atoms with Gasteiger partial charge < -0.3 is 19.5 Å². The average molecular weight is 516 g/mol. The number of carbonyl (C=O) groups is 2. The van der Waals surface area contributed by atoms with Crippen molar-refractivity contribution in [3.8, 4) is 17.2 Å². The summed E-state index contributed by atoms with van der Waals surface area (Å²) in [5.74, 6) is -0.210. The standard InChI is InChI=1S/C25H23Cl2N3O5/c1-3-34-23-12-16(8-10-22(23)35-15-17-7-9-20(26)21(27)11-17)14-28-30-25(32)24(31)29-18-5-4-6-19(13-18)33-2/h4-14H,3,15H2,1-2H3,(H,29,31)(H,30,32)/b28-14-. The number of rotatable bonds is 9. The zero-order valence-corrected chi connectivity index (χ0v) is 20.5. The number of ether oxygens (including phenoxy) is 3. The van der Waals surface area contributed by atoms with Gasteiger partial charge in [-0.15, -0.1) is 0 Å². The van der Waals surface area contributed by atoms with Gasteiger partial charge in [-0.1, -0.05) is 35.3 Å². The Morgan fingerprint density at radius 3 is 2.51 bits per heavy atom. The van der Waals surface area contributed by atoms with Gasteiger partial charge in [-0.05, 0) is 60.5 Å². The molecule has 10 heteroatoms. The van der Waals surface area contributed by atoms with Crippen LogP contribution >= 0.6 is 23.2 Å². The van der Waals surface area contributed by atoms with E-state index in [4.69, 9.17) is 37.4 Å². The summed E-state index contributed by atoms with van der Waals surface area (Å²) in [6, 6.07) is 17.1. The van der Waals surface area contributed by atoms with Crippen LogP contribution in [0.5, 0.6) is 17.2 Å². The Morgan fingerprint density at radius 1 is 0.943 bits per heavy atom. The topological polar surface area (TPSA) is 98.2 Å². The van der Waals surface area contributed by atoms with Crippen LogP contribution in [-0.4, -0.2) is 31.7 Å². The maximum Gasteiger partial charge on any atom is 0.329 e. The van der Waals surface area contributed by atoms with Gasteiger partial charge in [-0.2, -0.15) is 5.10 Å². The predicted octanol–water partition coefficient (Wildman–Crippen LogP) is 5.07. The van der Waals surface area contributed by atoms with Gasteiger partial charge in [0.25, 0.3) is 0 Å². The van der Waals surface area contributed by atoms with Crippen molar-refractivity contribution in [1.82, 2.24) is 5.43 Å². The molecule has 35 heavy (non-hydrogen) atoms. The first-order valence-electron chi connectivity index (χ1n) is 10.5. The number of nitrogens with one attached hydrogen (secondary N) is 2. The Bertz CT molecular complexity index is 1230. The summed E-state index contributed by atoms with van der Waals surface area (Å²) in [4.78, 5) is 24.1. The number of benzene rings is 3. The first-order valence-corrected chi connectivity index (χ1v) is 11.3. The van der Waals surface area contributed by atoms with Gasteiger partial charge in [0.05, 0.1) is 30.0 Å². The quantitative estimate of drug-likeness (QED) is 0.235. The molecule has 0 aliphatic rings. The highest BCUT2D eigenvalue weighted by atomic mass is 35.5. The van der Waals surface area contributed by atoms with E-state index in [9.17, 15) is 9.59 Å². The molecule has 3 aromatic carbocycles. The molecule has 3 rings (SSSR count). The van der Waals surface area contributed by atoms with Gasteiger partial charge in [-0.3, -0.25) is 9.59 Å². The third kappa shape index (κ3) is 7.63. The van der Waals surface area contributed by atoms with Crippen molar-refractivity contribution >= 4 is 46.9 Å². The van der Waals surface area contributed by atoms with E-state index < -0.39 is 11.8 Å². The monoisotopic (exact) mass is 515 g/mol. The molecular weight excluding hydrogens is 493 g/mol. The summed E-state index contributed by atoms with van der Waals surface area (Å²) in [6.45, 7) is 2.54. The molecule has 0 radical (unpaired) electrons. The minimum absolute atomic E-state index is 0.267. The van der Waals surface area contributed by atoms with Crippen molar-refractivity contribution in [2.75, 3.05) is 19.0 Å². The maximum absolute atomic E-state index is 12.1. The molecule has 0 unspecified atom stereocenters. The number of carbonyl (C=O) groups excluding carboxylic acids is 2. The highest BCUT2D eigenvalue weighted by molar-refractivity contribution is 6.42. The summed E-state index contributed by atoms with van der Waals surface area (Å²) in [7, 11) is 1.51. The number of amides is 2. The smallest absolute Gasteiger partial charge is 0.329 e. The van der Waals surface area contributed by atoms with Crippen molar-refractivity contribution in [2.24, 2.45) is 5.10 Å². The molecule has 0 atom stereocenters. The first-order chi connectivity index (χ1) is 16.9. The predicted molar refractivity (Wildman–Crippen MR) is 136 cm³/mol. The van der Waals surface area contributed by atoms with Gasteiger partial charge in [0.15, 0.2) is 11.5 Å². The minimum atomic E-state index is -0.921. The molecule has 0 spiro atoms. The highest BCUT2D eigenvalue weighted by Gasteiger charge is 2.13. The first kappa shape index (κ1) is 25.9. The lowest BCUT2D eigenvalue weighted by Crippen LogP contribution is -2.32. The molecule has 2 amide bonds. The van der Waals surface area contributed by atoms with E-state index >= 15 is 0 Å². The molecule has 2 N–H and O–H groups in total. The van der Waals surface area contributed by atoms with Gasteiger partial charge in [0, 0.05) is 11.8 Å². The molecule has 182 valence electrons. The molecule has 3 aromatic rings. The van der Waals surface area contributed by atoms with Crippen LogP contribution in [0.4, 0.5) is 5.69 Å². The van der Waals surface area contributed by atoms with Crippen molar-refractivity contribution in [1.29, 1.82) is 0 Å². The largest absolute Gasteiger partial charge is 0.497 e. The summed E-state index contributed by atoms with van der Waals surface area (Å²) in [6.07, 6.45) is 1.39. The van der Waals surface area contributed by atoms with Crippen LogP contribution in [0.2, 0.25) is 10.0 Å². The molecule has 0 saturated heterocycles. The minimum Gasteiger partial charge on any atom is -0.497 e. The fraction of sp³-hybridized carbons (Fsp3) is 0.160. The molecule has 0 aliphatic heterocycles. The Balaban J connectivity index is 1.60. The van der Waals surface area contributed by atoms with Crippen molar-refractivity contribution < 1.29 is 23.8 Å². The second-order valence-corrected chi connectivity index (χ2v) is 7.88. The van der Waals surface area contributed by atoms with Gasteiger partial charge in [-0.25, -0.2) is 5.43 Å². The van der Waals surface area contributed by atoms with Crippen molar-refractivity contribution in [3.63, 3.8) is 0 Å². The van der Waals surface area contributed by atoms with E-state index in [1.54, 1.807) is 54.6 Å². The van der Waals surface area contributed by atoms with Crippen molar-refractivity contribution in [3.05, 3.63) is 81.8 Å². The Morgan fingerprint density at radius 2 is 1.77 bits per heavy atom. The van der Waals surface area contributed by atoms with E-state index in [1.165, 1.54) is 13.3 Å². The Kier molecular flexibility index (Phi) is 9.34. The number of hydrogen-bond acceptors (Lipinski definition) is 6. The number of hydrogen-bond donors (Lipinski definition) is 2. The van der Waals surface area contributed by atoms with E-state index in [0.717, 1.165) is 5.56 Å². The number of hydrazone groups is 1. The van der Waals surface area contributed by atoms with Crippen LogP contribution in [0, 0.1) is 0 Å². The van der Waals surface area contributed by atoms with Gasteiger partial charge >= 0.3 is 11.8 Å². The van der Waals surface area contributed by atoms with Crippen molar-refractivity contribution in [2.45, 2.75) is 13.5 Å². The molecule has 0 bridgehead atoms.